The SMILES string of the molecule is NC(=O)c1nn(Cc2ccc(C(=O)O)cc2)cc1N. The molecule has 1 heterocycles. The van der Waals surface area contributed by atoms with Gasteiger partial charge in [-0.25, -0.2) is 4.79 Å². The van der Waals surface area contributed by atoms with Crippen LogP contribution in [0.1, 0.15) is 26.4 Å². The molecular weight excluding hydrogens is 248 g/mol. The van der Waals surface area contributed by atoms with Gasteiger partial charge in [0, 0.05) is 6.20 Å². The minimum Gasteiger partial charge on any atom is -0.478 e. The van der Waals surface area contributed by atoms with Crippen LogP contribution in [-0.2, 0) is 6.54 Å². The predicted octanol–water partition coefficient (Wildman–Crippen LogP) is 0.311. The number of nitrogens with zero attached hydrogens (tertiary/aromatic N) is 2. The van der Waals surface area contributed by atoms with Gasteiger partial charge >= 0.3 is 5.97 Å². The fourth-order valence-electron chi connectivity index (χ4n) is 1.65. The van der Waals surface area contributed by atoms with Crippen molar-refractivity contribution >= 4 is 17.6 Å². The molecule has 0 aliphatic carbocycles. The first kappa shape index (κ1) is 12.6. The Morgan fingerprint density at radius 3 is 2.37 bits per heavy atom. The summed E-state index contributed by atoms with van der Waals surface area (Å²) in [5.74, 6) is -1.66. The van der Waals surface area contributed by atoms with Crippen molar-refractivity contribution in [2.75, 3.05) is 5.73 Å². The maximum Gasteiger partial charge on any atom is 0.335 e. The van der Waals surface area contributed by atoms with Gasteiger partial charge in [-0.15, -0.1) is 0 Å². The quantitative estimate of drug-likeness (QED) is 0.729. The van der Waals surface area contributed by atoms with Crippen molar-refractivity contribution in [2.24, 2.45) is 5.73 Å². The van der Waals surface area contributed by atoms with Crippen LogP contribution in [0.2, 0.25) is 0 Å². The zero-order valence-corrected chi connectivity index (χ0v) is 9.91. The van der Waals surface area contributed by atoms with Gasteiger partial charge in [0.05, 0.1) is 17.8 Å². The molecule has 0 aliphatic rings. The summed E-state index contributed by atoms with van der Waals surface area (Å²) >= 11 is 0. The van der Waals surface area contributed by atoms with Crippen LogP contribution in [0, 0.1) is 0 Å². The van der Waals surface area contributed by atoms with Crippen LogP contribution in [0.15, 0.2) is 30.5 Å². The van der Waals surface area contributed by atoms with Gasteiger partial charge in [-0.05, 0) is 17.7 Å². The summed E-state index contributed by atoms with van der Waals surface area (Å²) in [5, 5.41) is 12.7. The molecule has 0 saturated carbocycles. The Hall–Kier alpha value is -2.83. The van der Waals surface area contributed by atoms with Crippen molar-refractivity contribution < 1.29 is 14.7 Å². The fourth-order valence-corrected chi connectivity index (χ4v) is 1.65. The molecule has 98 valence electrons. The van der Waals surface area contributed by atoms with E-state index in [1.54, 1.807) is 12.1 Å². The van der Waals surface area contributed by atoms with Gasteiger partial charge in [0.2, 0.25) is 0 Å². The molecule has 0 radical (unpaired) electrons. The molecule has 19 heavy (non-hydrogen) atoms. The molecule has 0 bridgehead atoms. The number of aromatic nitrogens is 2. The van der Waals surface area contributed by atoms with Gasteiger partial charge in [-0.1, -0.05) is 12.1 Å². The van der Waals surface area contributed by atoms with Gasteiger partial charge in [0.15, 0.2) is 5.69 Å². The second kappa shape index (κ2) is 4.81. The van der Waals surface area contributed by atoms with E-state index < -0.39 is 11.9 Å². The summed E-state index contributed by atoms with van der Waals surface area (Å²) in [6, 6.07) is 6.34. The molecular formula is C12H12N4O3. The highest BCUT2D eigenvalue weighted by atomic mass is 16.4. The Bertz CT molecular complexity index is 631. The number of hydrogen-bond donors (Lipinski definition) is 3. The van der Waals surface area contributed by atoms with Crippen LogP contribution in [0.4, 0.5) is 5.69 Å². The summed E-state index contributed by atoms with van der Waals surface area (Å²) in [6.07, 6.45) is 1.51. The molecule has 0 spiro atoms. The number of rotatable bonds is 4. The highest BCUT2D eigenvalue weighted by Gasteiger charge is 2.11. The number of nitrogen functional groups attached to an aromatic ring is 1. The van der Waals surface area contributed by atoms with E-state index in [1.807, 2.05) is 0 Å². The number of anilines is 1. The molecule has 1 amide bonds. The molecule has 0 fully saturated rings. The second-order valence-electron chi connectivity index (χ2n) is 4.00. The van der Waals surface area contributed by atoms with Gasteiger partial charge < -0.3 is 16.6 Å². The molecule has 7 nitrogen and oxygen atoms in total. The average Bonchev–Trinajstić information content (AvgIpc) is 2.71. The van der Waals surface area contributed by atoms with Crippen LogP contribution >= 0.6 is 0 Å². The summed E-state index contributed by atoms with van der Waals surface area (Å²) in [7, 11) is 0. The van der Waals surface area contributed by atoms with E-state index in [-0.39, 0.29) is 16.9 Å². The Labute approximate surface area is 108 Å². The van der Waals surface area contributed by atoms with E-state index >= 15 is 0 Å². The first-order chi connectivity index (χ1) is 8.97. The van der Waals surface area contributed by atoms with Gasteiger partial charge in [-0.2, -0.15) is 5.10 Å². The third kappa shape index (κ3) is 2.71. The van der Waals surface area contributed by atoms with Crippen molar-refractivity contribution in [1.29, 1.82) is 0 Å². The van der Waals surface area contributed by atoms with Crippen molar-refractivity contribution in [3.8, 4) is 0 Å². The lowest BCUT2D eigenvalue weighted by Crippen LogP contribution is -2.14. The monoisotopic (exact) mass is 260 g/mol. The van der Waals surface area contributed by atoms with E-state index in [0.717, 1.165) is 5.56 Å². The number of primary amides is 1. The number of aromatic carboxylic acids is 1. The molecule has 0 saturated heterocycles. The first-order valence-electron chi connectivity index (χ1n) is 5.42. The minimum absolute atomic E-state index is 0.0298. The molecule has 5 N–H and O–H groups in total. The molecule has 2 rings (SSSR count). The minimum atomic E-state index is -0.981. The third-order valence-corrected chi connectivity index (χ3v) is 2.57. The number of hydrogen-bond acceptors (Lipinski definition) is 4. The Morgan fingerprint density at radius 2 is 1.89 bits per heavy atom. The van der Waals surface area contributed by atoms with Gasteiger partial charge in [0.1, 0.15) is 0 Å². The van der Waals surface area contributed by atoms with Gasteiger partial charge in [-0.3, -0.25) is 9.48 Å². The van der Waals surface area contributed by atoms with Gasteiger partial charge in [0.25, 0.3) is 5.91 Å². The lowest BCUT2D eigenvalue weighted by atomic mass is 10.1. The van der Waals surface area contributed by atoms with E-state index in [2.05, 4.69) is 5.10 Å². The van der Waals surface area contributed by atoms with Crippen LogP contribution in [0.5, 0.6) is 0 Å². The summed E-state index contributed by atoms with van der Waals surface area (Å²) in [5.41, 5.74) is 12.0. The predicted molar refractivity (Wildman–Crippen MR) is 67.7 cm³/mol. The fraction of sp³-hybridized carbons (Fsp3) is 0.0833. The largest absolute Gasteiger partial charge is 0.478 e. The van der Waals surface area contributed by atoms with Crippen molar-refractivity contribution in [1.82, 2.24) is 9.78 Å². The maximum atomic E-state index is 11.0. The van der Waals surface area contributed by atoms with E-state index in [1.165, 1.54) is 23.0 Å². The number of carboxylic acids is 1. The Balaban J connectivity index is 2.19. The highest BCUT2D eigenvalue weighted by Crippen LogP contribution is 2.11. The van der Waals surface area contributed by atoms with Crippen LogP contribution < -0.4 is 11.5 Å². The molecule has 7 heteroatoms. The third-order valence-electron chi connectivity index (χ3n) is 2.57. The number of carbonyl (C=O) groups is 2. The molecule has 0 aliphatic heterocycles. The lowest BCUT2D eigenvalue weighted by molar-refractivity contribution is 0.0696. The lowest BCUT2D eigenvalue weighted by Gasteiger charge is -2.02. The van der Waals surface area contributed by atoms with Crippen molar-refractivity contribution in [3.63, 3.8) is 0 Å². The zero-order valence-electron chi connectivity index (χ0n) is 9.91. The Kier molecular flexibility index (Phi) is 3.19. The van der Waals surface area contributed by atoms with Crippen LogP contribution in [0.25, 0.3) is 0 Å². The summed E-state index contributed by atoms with van der Waals surface area (Å²) in [4.78, 5) is 21.7. The molecule has 0 atom stereocenters. The number of carboxylic acid groups (broad SMARTS) is 1. The topological polar surface area (TPSA) is 124 Å². The normalized spacial score (nSPS) is 10.3. The molecule has 1 aromatic heterocycles. The number of carbonyl (C=O) groups excluding carboxylic acids is 1. The zero-order chi connectivity index (χ0) is 14.0. The standard InChI is InChI=1S/C12H12N4O3/c13-9-6-16(15-10(9)11(14)17)5-7-1-3-8(4-2-7)12(18)19/h1-4,6H,5,13H2,(H2,14,17)(H,18,19). The van der Waals surface area contributed by atoms with Crippen LogP contribution in [-0.4, -0.2) is 26.8 Å². The maximum absolute atomic E-state index is 11.0. The first-order valence-corrected chi connectivity index (χ1v) is 5.42. The smallest absolute Gasteiger partial charge is 0.335 e. The molecule has 0 unspecified atom stereocenters. The molecule has 2 aromatic rings. The summed E-state index contributed by atoms with van der Waals surface area (Å²) < 4.78 is 1.48. The summed E-state index contributed by atoms with van der Waals surface area (Å²) in [6.45, 7) is 0.372. The molecule has 1 aromatic carbocycles. The average molecular weight is 260 g/mol. The Morgan fingerprint density at radius 1 is 1.26 bits per heavy atom. The van der Waals surface area contributed by atoms with E-state index in [4.69, 9.17) is 16.6 Å². The number of nitrogens with two attached hydrogens (primary N) is 2. The van der Waals surface area contributed by atoms with Crippen LogP contribution in [0.3, 0.4) is 0 Å². The highest BCUT2D eigenvalue weighted by molar-refractivity contribution is 5.95. The second-order valence-corrected chi connectivity index (χ2v) is 4.00. The van der Waals surface area contributed by atoms with E-state index in [9.17, 15) is 9.59 Å². The van der Waals surface area contributed by atoms with E-state index in [0.29, 0.717) is 6.54 Å². The number of benzene rings is 1. The van der Waals surface area contributed by atoms with Crippen molar-refractivity contribution in [3.05, 3.63) is 47.3 Å². The van der Waals surface area contributed by atoms with Crippen molar-refractivity contribution in [2.45, 2.75) is 6.54 Å². The number of amides is 1.